The zero-order valence-corrected chi connectivity index (χ0v) is 17.2. The van der Waals surface area contributed by atoms with Gasteiger partial charge in [0.05, 0.1) is 17.8 Å². The van der Waals surface area contributed by atoms with Crippen LogP contribution in [0.25, 0.3) is 0 Å². The lowest BCUT2D eigenvalue weighted by atomic mass is 9.99. The molecule has 0 fully saturated rings. The summed E-state index contributed by atoms with van der Waals surface area (Å²) in [7, 11) is 1.40. The second-order valence-corrected chi connectivity index (χ2v) is 6.95. The van der Waals surface area contributed by atoms with Gasteiger partial charge in [0.1, 0.15) is 11.3 Å². The fraction of sp³-hybridized carbons (Fsp3) is 0.333. The molecule has 6 nitrogen and oxygen atoms in total. The van der Waals surface area contributed by atoms with Crippen molar-refractivity contribution in [3.05, 3.63) is 52.5 Å². The molecule has 0 saturated heterocycles. The number of methoxy groups -OCH3 is 1. The van der Waals surface area contributed by atoms with Crippen molar-refractivity contribution in [3.8, 4) is 5.75 Å². The van der Waals surface area contributed by atoms with E-state index in [4.69, 9.17) is 26.8 Å². The van der Waals surface area contributed by atoms with Crippen LogP contribution in [-0.2, 0) is 9.53 Å². The molecule has 0 aliphatic heterocycles. The molecule has 0 aliphatic rings. The number of hydrogen-bond acceptors (Lipinski definition) is 5. The maximum absolute atomic E-state index is 12.4. The molecule has 2 aromatic carbocycles. The number of nitrogen functional groups attached to an aromatic ring is 1. The second-order valence-electron chi connectivity index (χ2n) is 6.54. The molecule has 0 unspecified atom stereocenters. The van der Waals surface area contributed by atoms with Crippen molar-refractivity contribution in [2.45, 2.75) is 39.2 Å². The molecule has 150 valence electrons. The number of carbonyl (C=O) groups is 2. The molecular weight excluding hydrogens is 380 g/mol. The molecule has 0 bridgehead atoms. The van der Waals surface area contributed by atoms with E-state index in [9.17, 15) is 9.59 Å². The average molecular weight is 405 g/mol. The number of halogens is 1. The minimum Gasteiger partial charge on any atom is -0.496 e. The molecule has 2 rings (SSSR count). The van der Waals surface area contributed by atoms with Gasteiger partial charge in [-0.2, -0.15) is 0 Å². The molecule has 0 saturated carbocycles. The van der Waals surface area contributed by atoms with Gasteiger partial charge >= 0.3 is 5.97 Å². The molecule has 0 radical (unpaired) electrons. The zero-order valence-electron chi connectivity index (χ0n) is 16.4. The first-order chi connectivity index (χ1) is 13.3. The quantitative estimate of drug-likeness (QED) is 0.518. The van der Waals surface area contributed by atoms with Gasteiger partial charge in [0.2, 0.25) is 0 Å². The lowest BCUT2D eigenvalue weighted by Gasteiger charge is -2.16. The van der Waals surface area contributed by atoms with E-state index in [0.717, 1.165) is 6.42 Å². The third-order valence-electron chi connectivity index (χ3n) is 4.55. The van der Waals surface area contributed by atoms with Crippen LogP contribution in [-0.4, -0.2) is 25.1 Å². The van der Waals surface area contributed by atoms with Crippen molar-refractivity contribution in [2.75, 3.05) is 18.2 Å². The highest BCUT2D eigenvalue weighted by Crippen LogP contribution is 2.29. The number of nitrogens with one attached hydrogen (secondary N) is 1. The minimum absolute atomic E-state index is 0.0965. The van der Waals surface area contributed by atoms with E-state index in [1.165, 1.54) is 31.7 Å². The van der Waals surface area contributed by atoms with Gasteiger partial charge in [-0.3, -0.25) is 4.79 Å². The number of benzene rings is 2. The Morgan fingerprint density at radius 2 is 1.82 bits per heavy atom. The number of hydrogen-bond donors (Lipinski definition) is 2. The molecule has 2 atom stereocenters. The zero-order chi connectivity index (χ0) is 20.8. The van der Waals surface area contributed by atoms with E-state index < -0.39 is 18.0 Å². The van der Waals surface area contributed by atoms with Gasteiger partial charge in [-0.05, 0) is 43.0 Å². The van der Waals surface area contributed by atoms with Gasteiger partial charge in [0, 0.05) is 11.8 Å². The Balaban J connectivity index is 2.04. The Kier molecular flexibility index (Phi) is 7.29. The van der Waals surface area contributed by atoms with Crippen LogP contribution in [0.3, 0.4) is 0 Å². The summed E-state index contributed by atoms with van der Waals surface area (Å²) in [5.41, 5.74) is 7.92. The molecule has 0 aliphatic carbocycles. The third-order valence-corrected chi connectivity index (χ3v) is 4.88. The Hall–Kier alpha value is -2.73. The number of amides is 1. The number of rotatable bonds is 7. The van der Waals surface area contributed by atoms with Gasteiger partial charge in [0.25, 0.3) is 5.91 Å². The second kappa shape index (κ2) is 9.46. The molecule has 0 aromatic heterocycles. The highest BCUT2D eigenvalue weighted by atomic mass is 35.5. The van der Waals surface area contributed by atoms with Crippen molar-refractivity contribution in [3.63, 3.8) is 0 Å². The van der Waals surface area contributed by atoms with Crippen LogP contribution in [0.15, 0.2) is 36.4 Å². The first-order valence-electron chi connectivity index (χ1n) is 9.01. The van der Waals surface area contributed by atoms with E-state index in [0.29, 0.717) is 11.6 Å². The van der Waals surface area contributed by atoms with Crippen LogP contribution in [0.2, 0.25) is 5.02 Å². The summed E-state index contributed by atoms with van der Waals surface area (Å²) in [6, 6.07) is 10.4. The van der Waals surface area contributed by atoms with Gasteiger partial charge in [-0.1, -0.05) is 37.6 Å². The van der Waals surface area contributed by atoms with Crippen molar-refractivity contribution in [1.82, 2.24) is 0 Å². The summed E-state index contributed by atoms with van der Waals surface area (Å²) in [6.45, 7) is 5.76. The Labute approximate surface area is 170 Å². The normalized spacial score (nSPS) is 12.8. The van der Waals surface area contributed by atoms with Crippen molar-refractivity contribution < 1.29 is 19.1 Å². The lowest BCUT2D eigenvalue weighted by Crippen LogP contribution is -2.30. The molecule has 0 heterocycles. The van der Waals surface area contributed by atoms with Crippen LogP contribution in [0, 0.1) is 0 Å². The molecule has 1 amide bonds. The number of ether oxygens (including phenoxy) is 2. The van der Waals surface area contributed by atoms with Gasteiger partial charge < -0.3 is 20.5 Å². The Morgan fingerprint density at radius 3 is 2.39 bits per heavy atom. The minimum atomic E-state index is -1.01. The summed E-state index contributed by atoms with van der Waals surface area (Å²) >= 11 is 5.97. The molecule has 28 heavy (non-hydrogen) atoms. The van der Waals surface area contributed by atoms with Crippen molar-refractivity contribution >= 4 is 34.9 Å². The smallest absolute Gasteiger partial charge is 0.342 e. The van der Waals surface area contributed by atoms with E-state index >= 15 is 0 Å². The van der Waals surface area contributed by atoms with E-state index in [2.05, 4.69) is 19.2 Å². The largest absolute Gasteiger partial charge is 0.496 e. The van der Waals surface area contributed by atoms with Crippen LogP contribution >= 0.6 is 11.6 Å². The molecule has 2 aromatic rings. The van der Waals surface area contributed by atoms with Crippen molar-refractivity contribution in [1.29, 1.82) is 0 Å². The monoisotopic (exact) mass is 404 g/mol. The van der Waals surface area contributed by atoms with E-state index in [-0.39, 0.29) is 22.0 Å². The summed E-state index contributed by atoms with van der Waals surface area (Å²) in [5, 5.41) is 2.94. The first kappa shape index (κ1) is 21.6. The summed E-state index contributed by atoms with van der Waals surface area (Å²) < 4.78 is 10.4. The van der Waals surface area contributed by atoms with Gasteiger partial charge in [-0.15, -0.1) is 0 Å². The summed E-state index contributed by atoms with van der Waals surface area (Å²) in [4.78, 5) is 24.8. The van der Waals surface area contributed by atoms with Crippen LogP contribution in [0.5, 0.6) is 5.75 Å². The predicted molar refractivity (Wildman–Crippen MR) is 111 cm³/mol. The number of anilines is 2. The molecule has 7 heteroatoms. The average Bonchev–Trinajstić information content (AvgIpc) is 2.69. The van der Waals surface area contributed by atoms with E-state index in [1.54, 1.807) is 0 Å². The Bertz CT molecular complexity index is 852. The molecule has 0 spiro atoms. The fourth-order valence-electron chi connectivity index (χ4n) is 2.55. The maximum atomic E-state index is 12.4. The molecular formula is C21H25ClN2O4. The van der Waals surface area contributed by atoms with Gasteiger partial charge in [-0.25, -0.2) is 4.79 Å². The van der Waals surface area contributed by atoms with Gasteiger partial charge in [0.15, 0.2) is 6.10 Å². The summed E-state index contributed by atoms with van der Waals surface area (Å²) in [6.07, 6.45) is 0.0277. The van der Waals surface area contributed by atoms with Crippen LogP contribution in [0.1, 0.15) is 49.0 Å². The topological polar surface area (TPSA) is 90.7 Å². The number of carbonyl (C=O) groups excluding carboxylic acids is 2. The molecule has 3 N–H and O–H groups in total. The van der Waals surface area contributed by atoms with Crippen molar-refractivity contribution in [2.24, 2.45) is 0 Å². The Morgan fingerprint density at radius 1 is 1.18 bits per heavy atom. The standard InChI is InChI=1S/C21H25ClN2O4/c1-5-12(2)14-6-8-15(9-7-14)24-20(25)13(3)28-21(26)16-10-17(22)18(23)11-19(16)27-4/h6-13H,5,23H2,1-4H3,(H,24,25)/t12-,13+/m0/s1. The predicted octanol–water partition coefficient (Wildman–Crippen LogP) is 4.63. The van der Waals surface area contributed by atoms with Crippen LogP contribution in [0.4, 0.5) is 11.4 Å². The fourth-order valence-corrected chi connectivity index (χ4v) is 2.71. The highest BCUT2D eigenvalue weighted by molar-refractivity contribution is 6.33. The van der Waals surface area contributed by atoms with E-state index in [1.807, 2.05) is 24.3 Å². The lowest BCUT2D eigenvalue weighted by molar-refractivity contribution is -0.123. The third kappa shape index (κ3) is 5.16. The maximum Gasteiger partial charge on any atom is 0.342 e. The first-order valence-corrected chi connectivity index (χ1v) is 9.39. The summed E-state index contributed by atoms with van der Waals surface area (Å²) in [5.74, 6) is -0.495. The number of esters is 1. The SMILES string of the molecule is CC[C@H](C)c1ccc(NC(=O)[C@@H](C)OC(=O)c2cc(Cl)c(N)cc2OC)cc1. The number of nitrogens with two attached hydrogens (primary N) is 1. The highest BCUT2D eigenvalue weighted by Gasteiger charge is 2.22. The van der Waals surface area contributed by atoms with Crippen LogP contribution < -0.4 is 15.8 Å².